The topological polar surface area (TPSA) is 120 Å². The number of nitrogen functional groups attached to an aromatic ring is 1. The van der Waals surface area contributed by atoms with Gasteiger partial charge in [-0.3, -0.25) is 4.98 Å². The fourth-order valence-electron chi connectivity index (χ4n) is 3.85. The summed E-state index contributed by atoms with van der Waals surface area (Å²) in [5.41, 5.74) is 7.35. The minimum Gasteiger partial charge on any atom is -0.490 e. The third kappa shape index (κ3) is 6.90. The molecule has 0 fully saturated rings. The van der Waals surface area contributed by atoms with E-state index in [1.807, 2.05) is 0 Å². The maximum absolute atomic E-state index is 13.6. The SMILES string of the molecule is Cc1cc(-c2c(OCCOc3ccnc(N(C)CCO)c3)nc(N)nc2-c2ccc(F)cc2)cc(C(F)F)n1. The minimum atomic E-state index is -2.80. The normalized spacial score (nSPS) is 11.1. The van der Waals surface area contributed by atoms with Gasteiger partial charge in [0.05, 0.1) is 17.9 Å². The number of halogens is 3. The lowest BCUT2D eigenvalue weighted by Crippen LogP contribution is -2.22. The molecule has 12 heteroatoms. The number of pyridine rings is 2. The number of likely N-dealkylation sites (N-methyl/N-ethyl adjacent to an activating group) is 1. The Morgan fingerprint density at radius 3 is 2.44 bits per heavy atom. The number of rotatable bonds is 11. The molecule has 0 spiro atoms. The smallest absolute Gasteiger partial charge is 0.280 e. The number of aliphatic hydroxyl groups is 1. The maximum atomic E-state index is 13.6. The van der Waals surface area contributed by atoms with Crippen LogP contribution in [0.4, 0.5) is 24.9 Å². The number of ether oxygens (including phenoxy) is 2. The van der Waals surface area contributed by atoms with Gasteiger partial charge in [0.2, 0.25) is 11.8 Å². The van der Waals surface area contributed by atoms with Crippen molar-refractivity contribution in [2.75, 3.05) is 44.0 Å². The van der Waals surface area contributed by atoms with Crippen LogP contribution in [0, 0.1) is 12.7 Å². The van der Waals surface area contributed by atoms with Crippen LogP contribution in [0.25, 0.3) is 22.4 Å². The summed E-state index contributed by atoms with van der Waals surface area (Å²) in [6, 6.07) is 11.8. The monoisotopic (exact) mass is 540 g/mol. The number of anilines is 2. The van der Waals surface area contributed by atoms with Gasteiger partial charge in [-0.1, -0.05) is 0 Å². The van der Waals surface area contributed by atoms with Crippen molar-refractivity contribution in [1.82, 2.24) is 19.9 Å². The average molecular weight is 541 g/mol. The lowest BCUT2D eigenvalue weighted by molar-refractivity contribution is 0.146. The molecular formula is C27H27F3N6O3. The highest BCUT2D eigenvalue weighted by molar-refractivity contribution is 5.85. The maximum Gasteiger partial charge on any atom is 0.280 e. The molecule has 0 aliphatic carbocycles. The van der Waals surface area contributed by atoms with Gasteiger partial charge in [0.15, 0.2) is 0 Å². The predicted octanol–water partition coefficient (Wildman–Crippen LogP) is 4.45. The van der Waals surface area contributed by atoms with Crippen LogP contribution in [0.1, 0.15) is 17.8 Å². The number of aromatic nitrogens is 4. The van der Waals surface area contributed by atoms with Crippen LogP contribution in [0.5, 0.6) is 11.6 Å². The summed E-state index contributed by atoms with van der Waals surface area (Å²) < 4.78 is 52.5. The summed E-state index contributed by atoms with van der Waals surface area (Å²) in [5.74, 6) is 0.653. The number of hydrogen-bond acceptors (Lipinski definition) is 9. The molecule has 0 unspecified atom stereocenters. The van der Waals surface area contributed by atoms with Crippen molar-refractivity contribution >= 4 is 11.8 Å². The lowest BCUT2D eigenvalue weighted by Gasteiger charge is -2.18. The van der Waals surface area contributed by atoms with Crippen molar-refractivity contribution in [3.63, 3.8) is 0 Å². The van der Waals surface area contributed by atoms with Gasteiger partial charge >= 0.3 is 0 Å². The zero-order chi connectivity index (χ0) is 27.9. The lowest BCUT2D eigenvalue weighted by atomic mass is 9.99. The van der Waals surface area contributed by atoms with E-state index in [0.29, 0.717) is 40.5 Å². The van der Waals surface area contributed by atoms with E-state index < -0.39 is 17.9 Å². The fraction of sp³-hybridized carbons (Fsp3) is 0.259. The molecule has 0 saturated carbocycles. The molecule has 0 bridgehead atoms. The molecule has 3 N–H and O–H groups in total. The molecule has 0 aliphatic rings. The predicted molar refractivity (Wildman–Crippen MR) is 140 cm³/mol. The molecule has 9 nitrogen and oxygen atoms in total. The summed E-state index contributed by atoms with van der Waals surface area (Å²) in [7, 11) is 1.80. The first-order valence-electron chi connectivity index (χ1n) is 12.0. The summed E-state index contributed by atoms with van der Waals surface area (Å²) in [5, 5.41) is 9.14. The number of hydrogen-bond donors (Lipinski definition) is 2. The molecule has 1 aromatic carbocycles. The Bertz CT molecular complexity index is 1420. The molecule has 39 heavy (non-hydrogen) atoms. The van der Waals surface area contributed by atoms with Gasteiger partial charge in [-0.15, -0.1) is 0 Å². The van der Waals surface area contributed by atoms with Crippen LogP contribution in [0.15, 0.2) is 54.7 Å². The number of nitrogens with two attached hydrogens (primary N) is 1. The van der Waals surface area contributed by atoms with Crippen molar-refractivity contribution < 1.29 is 27.8 Å². The van der Waals surface area contributed by atoms with Crippen molar-refractivity contribution in [1.29, 1.82) is 0 Å². The highest BCUT2D eigenvalue weighted by atomic mass is 19.3. The van der Waals surface area contributed by atoms with E-state index in [1.165, 1.54) is 30.3 Å². The zero-order valence-corrected chi connectivity index (χ0v) is 21.3. The fourth-order valence-corrected chi connectivity index (χ4v) is 3.85. The van der Waals surface area contributed by atoms with E-state index in [9.17, 15) is 13.2 Å². The van der Waals surface area contributed by atoms with E-state index in [-0.39, 0.29) is 37.3 Å². The molecule has 4 rings (SSSR count). The molecule has 3 heterocycles. The van der Waals surface area contributed by atoms with E-state index in [2.05, 4.69) is 19.9 Å². The summed E-state index contributed by atoms with van der Waals surface area (Å²) >= 11 is 0. The second-order valence-electron chi connectivity index (χ2n) is 8.53. The Morgan fingerprint density at radius 1 is 0.974 bits per heavy atom. The Labute approximate surface area is 223 Å². The first kappa shape index (κ1) is 27.6. The number of nitrogens with zero attached hydrogens (tertiary/aromatic N) is 5. The molecule has 0 atom stereocenters. The Hall–Kier alpha value is -4.45. The largest absolute Gasteiger partial charge is 0.490 e. The van der Waals surface area contributed by atoms with Crippen LogP contribution in [0.2, 0.25) is 0 Å². The van der Waals surface area contributed by atoms with Gasteiger partial charge in [-0.25, -0.2) is 23.1 Å². The van der Waals surface area contributed by atoms with Crippen molar-refractivity contribution in [3.05, 3.63) is 71.9 Å². The van der Waals surface area contributed by atoms with E-state index in [0.717, 1.165) is 0 Å². The molecule has 0 aliphatic heterocycles. The van der Waals surface area contributed by atoms with Gasteiger partial charge in [0.1, 0.15) is 36.3 Å². The standard InChI is InChI=1S/C27H27F3N6O3/c1-16-13-18(14-21(33-16)25(29)30)23-24(17-3-5-19(28)6-4-17)34-27(31)35-26(23)39-12-11-38-20-7-8-32-22(15-20)36(2)9-10-37/h3-8,13-15,25,37H,9-12H2,1-2H3,(H2,31,34,35). The van der Waals surface area contributed by atoms with E-state index in [4.69, 9.17) is 20.3 Å². The van der Waals surface area contributed by atoms with Crippen LogP contribution >= 0.6 is 0 Å². The molecule has 204 valence electrons. The van der Waals surface area contributed by atoms with E-state index >= 15 is 0 Å². The number of alkyl halides is 2. The number of benzene rings is 1. The summed E-state index contributed by atoms with van der Waals surface area (Å²) in [6.07, 6.45) is -1.21. The number of aryl methyl sites for hydroxylation is 1. The molecule has 3 aromatic heterocycles. The Morgan fingerprint density at radius 2 is 1.72 bits per heavy atom. The van der Waals surface area contributed by atoms with Crippen LogP contribution < -0.4 is 20.1 Å². The molecular weight excluding hydrogens is 513 g/mol. The van der Waals surface area contributed by atoms with Crippen LogP contribution in [-0.4, -0.2) is 58.5 Å². The molecule has 4 aromatic rings. The summed E-state index contributed by atoms with van der Waals surface area (Å²) in [6.45, 7) is 2.13. The Kier molecular flexibility index (Phi) is 8.77. The quantitative estimate of drug-likeness (QED) is 0.266. The summed E-state index contributed by atoms with van der Waals surface area (Å²) in [4.78, 5) is 18.5. The second kappa shape index (κ2) is 12.4. The third-order valence-electron chi connectivity index (χ3n) is 5.63. The van der Waals surface area contributed by atoms with Gasteiger partial charge in [-0.05, 0) is 55.0 Å². The minimum absolute atomic E-state index is 0.0166. The van der Waals surface area contributed by atoms with Crippen LogP contribution in [0.3, 0.4) is 0 Å². The van der Waals surface area contributed by atoms with Gasteiger partial charge in [-0.2, -0.15) is 4.98 Å². The van der Waals surface area contributed by atoms with Crippen molar-refractivity contribution in [3.8, 4) is 34.0 Å². The van der Waals surface area contributed by atoms with Gasteiger partial charge in [0, 0.05) is 37.1 Å². The van der Waals surface area contributed by atoms with E-state index in [1.54, 1.807) is 43.3 Å². The van der Waals surface area contributed by atoms with Gasteiger partial charge < -0.3 is 25.2 Å². The second-order valence-corrected chi connectivity index (χ2v) is 8.53. The number of aliphatic hydroxyl groups excluding tert-OH is 1. The van der Waals surface area contributed by atoms with Gasteiger partial charge in [0.25, 0.3) is 6.43 Å². The highest BCUT2D eigenvalue weighted by Crippen LogP contribution is 2.39. The molecule has 0 saturated heterocycles. The first-order valence-corrected chi connectivity index (χ1v) is 12.0. The molecule has 0 amide bonds. The first-order chi connectivity index (χ1) is 18.7. The third-order valence-corrected chi connectivity index (χ3v) is 5.63. The zero-order valence-electron chi connectivity index (χ0n) is 21.3. The van der Waals surface area contributed by atoms with Crippen LogP contribution in [-0.2, 0) is 0 Å². The Balaban J connectivity index is 1.64. The van der Waals surface area contributed by atoms with Crippen molar-refractivity contribution in [2.45, 2.75) is 13.3 Å². The average Bonchev–Trinajstić information content (AvgIpc) is 2.91. The van der Waals surface area contributed by atoms with Crippen molar-refractivity contribution in [2.24, 2.45) is 0 Å². The highest BCUT2D eigenvalue weighted by Gasteiger charge is 2.21. The molecule has 0 radical (unpaired) electrons.